The summed E-state index contributed by atoms with van der Waals surface area (Å²) < 4.78 is 26.7. The molecule has 42 heavy (non-hydrogen) atoms. The quantitative estimate of drug-likeness (QED) is 0.133. The van der Waals surface area contributed by atoms with E-state index >= 15 is 0 Å². The number of rotatable bonds is 15. The van der Waals surface area contributed by atoms with E-state index < -0.39 is 48.2 Å². The van der Waals surface area contributed by atoms with Gasteiger partial charge in [-0.15, -0.1) is 0 Å². The molecule has 11 heteroatoms. The van der Waals surface area contributed by atoms with E-state index in [-0.39, 0.29) is 48.4 Å². The van der Waals surface area contributed by atoms with E-state index in [1.165, 1.54) is 18.2 Å². The first kappa shape index (κ1) is 36.7. The maximum absolute atomic E-state index is 12.5. The van der Waals surface area contributed by atoms with Gasteiger partial charge in [-0.2, -0.15) is 0 Å². The maximum Gasteiger partial charge on any atom is 0.513 e. The minimum Gasteiger partial charge on any atom is -0.480 e. The van der Waals surface area contributed by atoms with Crippen LogP contribution in [0.5, 0.6) is 11.5 Å². The molecule has 1 rings (SSSR count). The van der Waals surface area contributed by atoms with Crippen LogP contribution in [0.1, 0.15) is 93.1 Å². The first-order valence-electron chi connectivity index (χ1n) is 14.5. The summed E-state index contributed by atoms with van der Waals surface area (Å²) in [6.07, 6.45) is -0.966. The lowest BCUT2D eigenvalue weighted by Crippen LogP contribution is -2.42. The van der Waals surface area contributed by atoms with Gasteiger partial charge in [0.1, 0.15) is 12.1 Å². The normalized spacial score (nSPS) is 15.8. The molecule has 0 aliphatic heterocycles. The average Bonchev–Trinajstić information content (AvgIpc) is 2.90. The first-order valence-corrected chi connectivity index (χ1v) is 14.5. The third-order valence-electron chi connectivity index (χ3n) is 7.08. The Balaban J connectivity index is 3.40. The van der Waals surface area contributed by atoms with Gasteiger partial charge in [-0.05, 0) is 41.9 Å². The molecule has 0 bridgehead atoms. The highest BCUT2D eigenvalue weighted by Gasteiger charge is 2.36. The molecule has 238 valence electrons. The van der Waals surface area contributed by atoms with Crippen molar-refractivity contribution in [3.63, 3.8) is 0 Å². The Morgan fingerprint density at radius 2 is 1.36 bits per heavy atom. The summed E-state index contributed by atoms with van der Waals surface area (Å²) in [5.74, 6) is -3.26. The van der Waals surface area contributed by atoms with Gasteiger partial charge >= 0.3 is 24.2 Å². The van der Waals surface area contributed by atoms with Crippen LogP contribution in [-0.2, 0) is 23.8 Å². The van der Waals surface area contributed by atoms with E-state index in [4.69, 9.17) is 29.4 Å². The monoisotopic (exact) mass is 595 g/mol. The molecule has 3 N–H and O–H groups in total. The molecule has 0 saturated heterocycles. The van der Waals surface area contributed by atoms with Gasteiger partial charge in [-0.25, -0.2) is 9.59 Å². The number of carboxylic acids is 1. The lowest BCUT2D eigenvalue weighted by atomic mass is 9.79. The number of nitrogens with two attached hydrogens (primary N) is 1. The highest BCUT2D eigenvalue weighted by molar-refractivity contribution is 5.75. The molecule has 0 amide bonds. The van der Waals surface area contributed by atoms with Gasteiger partial charge in [0.25, 0.3) is 0 Å². The molecular weight excluding hydrogens is 546 g/mol. The Hall–Kier alpha value is -3.34. The van der Waals surface area contributed by atoms with E-state index in [0.29, 0.717) is 5.56 Å². The van der Waals surface area contributed by atoms with Gasteiger partial charge in [-0.1, -0.05) is 74.3 Å². The number of hydrogen-bond acceptors (Lipinski definition) is 10. The number of esters is 1. The molecular formula is C31H49NO10. The smallest absolute Gasteiger partial charge is 0.480 e. The number of carbonyl (C=O) groups is 4. The second-order valence-corrected chi connectivity index (χ2v) is 12.2. The van der Waals surface area contributed by atoms with Crippen LogP contribution in [0.4, 0.5) is 9.59 Å². The summed E-state index contributed by atoms with van der Waals surface area (Å²) in [5, 5.41) is 9.81. The number of hydrogen-bond donors (Lipinski definition) is 2. The lowest BCUT2D eigenvalue weighted by Gasteiger charge is -2.32. The van der Waals surface area contributed by atoms with Crippen LogP contribution in [0.15, 0.2) is 18.2 Å². The van der Waals surface area contributed by atoms with Crippen molar-refractivity contribution in [2.45, 2.75) is 99.6 Å². The van der Waals surface area contributed by atoms with Gasteiger partial charge < -0.3 is 34.5 Å². The highest BCUT2D eigenvalue weighted by Crippen LogP contribution is 2.37. The van der Waals surface area contributed by atoms with Crippen molar-refractivity contribution in [2.75, 3.05) is 13.2 Å². The third-order valence-corrected chi connectivity index (χ3v) is 7.08. The van der Waals surface area contributed by atoms with Gasteiger partial charge in [0, 0.05) is 11.8 Å². The summed E-state index contributed by atoms with van der Waals surface area (Å²) in [5.41, 5.74) is 6.20. The van der Waals surface area contributed by atoms with Crippen LogP contribution in [0.25, 0.3) is 0 Å². The molecule has 0 radical (unpaired) electrons. The van der Waals surface area contributed by atoms with Gasteiger partial charge in [0.05, 0.1) is 19.6 Å². The lowest BCUT2D eigenvalue weighted by molar-refractivity contribution is -0.153. The molecule has 5 unspecified atom stereocenters. The van der Waals surface area contributed by atoms with Crippen molar-refractivity contribution in [3.05, 3.63) is 23.8 Å². The SMILES string of the molecule is CCC(C)COC(=O)Oc1ccc(C(C(C)C(C)OC(=O)CC(C)(C)C)[C@H](N)C(=O)O)cc1OC(=O)OCC(C)CC. The summed E-state index contributed by atoms with van der Waals surface area (Å²) in [4.78, 5) is 49.4. The van der Waals surface area contributed by atoms with Crippen LogP contribution < -0.4 is 15.2 Å². The summed E-state index contributed by atoms with van der Waals surface area (Å²) in [6.45, 7) is 17.1. The van der Waals surface area contributed by atoms with Crippen molar-refractivity contribution in [3.8, 4) is 11.5 Å². The second kappa shape index (κ2) is 16.9. The molecule has 0 spiro atoms. The molecule has 0 aliphatic carbocycles. The zero-order chi connectivity index (χ0) is 32.2. The fourth-order valence-electron chi connectivity index (χ4n) is 3.86. The second-order valence-electron chi connectivity index (χ2n) is 12.2. The van der Waals surface area contributed by atoms with E-state index in [9.17, 15) is 24.3 Å². The Kier molecular flexibility index (Phi) is 14.8. The fraction of sp³-hybridized carbons (Fsp3) is 0.677. The Morgan fingerprint density at radius 3 is 1.81 bits per heavy atom. The maximum atomic E-state index is 12.5. The molecule has 1 aromatic rings. The van der Waals surface area contributed by atoms with E-state index in [0.717, 1.165) is 12.8 Å². The summed E-state index contributed by atoms with van der Waals surface area (Å²) >= 11 is 0. The zero-order valence-electron chi connectivity index (χ0n) is 26.4. The van der Waals surface area contributed by atoms with Crippen molar-refractivity contribution in [1.29, 1.82) is 0 Å². The number of ether oxygens (including phenoxy) is 5. The minimum absolute atomic E-state index is 0.0939. The standard InChI is InChI=1S/C31H49NO10/c1-10-18(3)16-38-29(36)41-23-13-12-22(14-24(23)42-30(37)39-17-19(4)11-2)26(27(32)28(34)35)20(5)21(6)40-25(33)15-31(7,8)9/h12-14,18-21,26-27H,10-11,15-17,32H2,1-9H3,(H,34,35)/t18?,19?,20?,21?,26?,27-/m0/s1. The predicted molar refractivity (Wildman–Crippen MR) is 156 cm³/mol. The van der Waals surface area contributed by atoms with Crippen molar-refractivity contribution in [2.24, 2.45) is 28.9 Å². The number of benzene rings is 1. The highest BCUT2D eigenvalue weighted by atomic mass is 16.7. The molecule has 0 aromatic heterocycles. The predicted octanol–water partition coefficient (Wildman–Crippen LogP) is 6.31. The topological polar surface area (TPSA) is 161 Å². The zero-order valence-corrected chi connectivity index (χ0v) is 26.4. The first-order chi connectivity index (χ1) is 19.5. The Bertz CT molecular complexity index is 1050. The Morgan fingerprint density at radius 1 is 0.857 bits per heavy atom. The fourth-order valence-corrected chi connectivity index (χ4v) is 3.86. The van der Waals surface area contributed by atoms with Crippen LogP contribution in [0, 0.1) is 23.2 Å². The molecule has 0 heterocycles. The molecule has 0 saturated carbocycles. The van der Waals surface area contributed by atoms with Gasteiger partial charge in [-0.3, -0.25) is 9.59 Å². The van der Waals surface area contributed by atoms with E-state index in [1.807, 2.05) is 48.5 Å². The molecule has 0 aliphatic rings. The number of carboxylic acid groups (broad SMARTS) is 1. The third kappa shape index (κ3) is 12.7. The molecule has 11 nitrogen and oxygen atoms in total. The van der Waals surface area contributed by atoms with Gasteiger partial charge in [0.15, 0.2) is 11.5 Å². The number of aliphatic carboxylic acids is 1. The van der Waals surface area contributed by atoms with Crippen LogP contribution in [0.3, 0.4) is 0 Å². The van der Waals surface area contributed by atoms with Crippen LogP contribution >= 0.6 is 0 Å². The van der Waals surface area contributed by atoms with Crippen LogP contribution in [-0.4, -0.2) is 54.7 Å². The average molecular weight is 596 g/mol. The largest absolute Gasteiger partial charge is 0.513 e. The van der Waals surface area contributed by atoms with E-state index in [1.54, 1.807) is 13.8 Å². The van der Waals surface area contributed by atoms with Crippen molar-refractivity contribution in [1.82, 2.24) is 0 Å². The van der Waals surface area contributed by atoms with Crippen LogP contribution in [0.2, 0.25) is 0 Å². The van der Waals surface area contributed by atoms with Crippen molar-refractivity contribution < 1.29 is 48.0 Å². The molecule has 6 atom stereocenters. The summed E-state index contributed by atoms with van der Waals surface area (Å²) in [6, 6.07) is 2.85. The summed E-state index contributed by atoms with van der Waals surface area (Å²) in [7, 11) is 0. The van der Waals surface area contributed by atoms with Gasteiger partial charge in [0.2, 0.25) is 0 Å². The van der Waals surface area contributed by atoms with Crippen molar-refractivity contribution >= 4 is 24.2 Å². The molecule has 1 aromatic carbocycles. The Labute approximate surface area is 249 Å². The number of carbonyl (C=O) groups excluding carboxylic acids is 3. The van der Waals surface area contributed by atoms with E-state index in [2.05, 4.69) is 0 Å². The molecule has 0 fully saturated rings. The minimum atomic E-state index is -1.40.